The van der Waals surface area contributed by atoms with Crippen molar-refractivity contribution in [3.8, 4) is 0 Å². The van der Waals surface area contributed by atoms with E-state index < -0.39 is 10.0 Å². The number of aromatic nitrogens is 2. The molecule has 7 rings (SSSR count). The minimum Gasteiger partial charge on any atom is -0.339 e. The van der Waals surface area contributed by atoms with Crippen LogP contribution in [0, 0.1) is 12.7 Å². The lowest BCUT2D eigenvalue weighted by Crippen LogP contribution is -2.49. The van der Waals surface area contributed by atoms with Crippen LogP contribution in [0.5, 0.6) is 0 Å². The van der Waals surface area contributed by atoms with Crippen LogP contribution in [0.25, 0.3) is 11.0 Å². The van der Waals surface area contributed by atoms with Crippen molar-refractivity contribution in [3.63, 3.8) is 0 Å². The fourth-order valence-corrected chi connectivity index (χ4v) is 9.02. The van der Waals surface area contributed by atoms with Gasteiger partial charge in [-0.15, -0.1) is 0 Å². The van der Waals surface area contributed by atoms with Crippen LogP contribution in [0.15, 0.2) is 72.8 Å². The quantitative estimate of drug-likeness (QED) is 0.240. The maximum Gasteiger partial charge on any atom is 0.253 e. The molecular weight excluding hydrogens is 614 g/mol. The Kier molecular flexibility index (Phi) is 8.70. The van der Waals surface area contributed by atoms with Gasteiger partial charge in [0.1, 0.15) is 11.6 Å². The molecule has 1 aromatic heterocycles. The number of sulfonamides is 1. The molecule has 0 aliphatic carbocycles. The van der Waals surface area contributed by atoms with Crippen LogP contribution in [0.4, 0.5) is 4.39 Å². The van der Waals surface area contributed by atoms with Gasteiger partial charge in [-0.1, -0.05) is 36.4 Å². The van der Waals surface area contributed by atoms with Crippen LogP contribution in [0.1, 0.15) is 78.3 Å². The summed E-state index contributed by atoms with van der Waals surface area (Å²) in [6, 6.07) is 24.2. The zero-order valence-electron chi connectivity index (χ0n) is 27.2. The van der Waals surface area contributed by atoms with E-state index in [1.54, 1.807) is 30.3 Å². The number of imidazole rings is 1. The van der Waals surface area contributed by atoms with Gasteiger partial charge in [-0.05, 0) is 111 Å². The molecule has 0 radical (unpaired) electrons. The highest BCUT2D eigenvalue weighted by atomic mass is 32.2. The summed E-state index contributed by atoms with van der Waals surface area (Å²) in [5, 5.41) is 0. The maximum atomic E-state index is 14.6. The highest BCUT2D eigenvalue weighted by Crippen LogP contribution is 2.45. The molecule has 248 valence electrons. The van der Waals surface area contributed by atoms with Gasteiger partial charge in [0.05, 0.1) is 17.3 Å². The molecule has 4 aromatic rings. The first kappa shape index (κ1) is 32.0. The maximum absolute atomic E-state index is 14.6. The van der Waals surface area contributed by atoms with E-state index in [0.717, 1.165) is 67.4 Å². The van der Waals surface area contributed by atoms with Crippen molar-refractivity contribution in [2.24, 2.45) is 0 Å². The average molecular weight is 658 g/mol. The second kappa shape index (κ2) is 12.8. The number of carbonyl (C=O) groups excluding carboxylic acids is 1. The number of likely N-dealkylation sites (tertiary alicyclic amines) is 1. The number of para-hydroxylation sites is 2. The van der Waals surface area contributed by atoms with Crippen LogP contribution in [-0.2, 0) is 22.0 Å². The zero-order valence-corrected chi connectivity index (χ0v) is 28.1. The number of rotatable bonds is 9. The molecule has 47 heavy (non-hydrogen) atoms. The van der Waals surface area contributed by atoms with Gasteiger partial charge in [-0.25, -0.2) is 22.5 Å². The Balaban J connectivity index is 1.03. The van der Waals surface area contributed by atoms with E-state index in [-0.39, 0.29) is 23.7 Å². The van der Waals surface area contributed by atoms with Gasteiger partial charge in [0.15, 0.2) is 0 Å². The van der Waals surface area contributed by atoms with Gasteiger partial charge in [-0.3, -0.25) is 9.69 Å². The number of hydrogen-bond acceptors (Lipinski definition) is 5. The fourth-order valence-electron chi connectivity index (χ4n) is 8.59. The lowest BCUT2D eigenvalue weighted by molar-refractivity contribution is 0.0606. The molecule has 3 fully saturated rings. The van der Waals surface area contributed by atoms with Gasteiger partial charge >= 0.3 is 0 Å². The van der Waals surface area contributed by atoms with Crippen LogP contribution in [0.2, 0.25) is 0 Å². The monoisotopic (exact) mass is 657 g/mol. The first-order valence-corrected chi connectivity index (χ1v) is 18.8. The molecule has 3 aliphatic rings. The molecule has 3 aliphatic heterocycles. The van der Waals surface area contributed by atoms with Crippen LogP contribution in [0.3, 0.4) is 0 Å². The number of hydrogen-bond donors (Lipinski definition) is 1. The Morgan fingerprint density at radius 3 is 2.34 bits per heavy atom. The minimum atomic E-state index is -3.29. The largest absolute Gasteiger partial charge is 0.339 e. The molecule has 0 unspecified atom stereocenters. The molecule has 2 bridgehead atoms. The first-order chi connectivity index (χ1) is 22.6. The molecule has 0 spiro atoms. The highest BCUT2D eigenvalue weighted by Gasteiger charge is 2.44. The van der Waals surface area contributed by atoms with Crippen molar-refractivity contribution in [1.29, 1.82) is 0 Å². The number of benzene rings is 3. The Morgan fingerprint density at radius 2 is 1.66 bits per heavy atom. The zero-order chi connectivity index (χ0) is 32.8. The molecule has 3 atom stereocenters. The summed E-state index contributed by atoms with van der Waals surface area (Å²) in [5.74, 6) is 0.854. The Labute approximate surface area is 277 Å². The third-order valence-electron chi connectivity index (χ3n) is 11.0. The molecule has 1 amide bonds. The van der Waals surface area contributed by atoms with Gasteiger partial charge in [-0.2, -0.15) is 0 Å². The second-order valence-electron chi connectivity index (χ2n) is 13.9. The van der Waals surface area contributed by atoms with E-state index in [2.05, 4.69) is 51.4 Å². The number of halogens is 1. The third kappa shape index (κ3) is 6.60. The third-order valence-corrected chi connectivity index (χ3v) is 11.7. The normalized spacial score (nSPS) is 23.0. The molecular formula is C37H44FN5O3S. The predicted octanol–water partition coefficient (Wildman–Crippen LogP) is 5.97. The van der Waals surface area contributed by atoms with E-state index >= 15 is 0 Å². The number of piperidine rings is 2. The summed E-state index contributed by atoms with van der Waals surface area (Å²) in [5.41, 5.74) is 4.52. The Morgan fingerprint density at radius 1 is 0.957 bits per heavy atom. The van der Waals surface area contributed by atoms with Crippen LogP contribution in [-0.4, -0.2) is 71.6 Å². The lowest BCUT2D eigenvalue weighted by atomic mass is 9.70. The topological polar surface area (TPSA) is 87.5 Å². The van der Waals surface area contributed by atoms with Gasteiger partial charge in [0, 0.05) is 43.3 Å². The van der Waals surface area contributed by atoms with Gasteiger partial charge in [0.25, 0.3) is 5.91 Å². The van der Waals surface area contributed by atoms with Crippen molar-refractivity contribution in [2.75, 3.05) is 25.9 Å². The van der Waals surface area contributed by atoms with E-state index in [1.165, 1.54) is 24.4 Å². The molecule has 0 saturated carbocycles. The number of aryl methyl sites for hydroxylation is 1. The summed E-state index contributed by atoms with van der Waals surface area (Å²) >= 11 is 0. The van der Waals surface area contributed by atoms with Crippen LogP contribution < -0.4 is 4.72 Å². The Bertz CT molecular complexity index is 1850. The average Bonchev–Trinajstić information content (AvgIpc) is 3.52. The number of nitrogens with one attached hydrogen (secondary N) is 1. The van der Waals surface area contributed by atoms with E-state index in [4.69, 9.17) is 4.98 Å². The molecule has 8 nitrogen and oxygen atoms in total. The minimum absolute atomic E-state index is 0.0251. The summed E-state index contributed by atoms with van der Waals surface area (Å²) in [4.78, 5) is 23.0. The van der Waals surface area contributed by atoms with Gasteiger partial charge < -0.3 is 9.47 Å². The van der Waals surface area contributed by atoms with Crippen molar-refractivity contribution in [1.82, 2.24) is 24.1 Å². The van der Waals surface area contributed by atoms with E-state index in [1.807, 2.05) is 11.0 Å². The number of nitrogens with zero attached hydrogens (tertiary/aromatic N) is 4. The fraction of sp³-hybridized carbons (Fsp3) is 0.459. The summed E-state index contributed by atoms with van der Waals surface area (Å²) < 4.78 is 42.4. The van der Waals surface area contributed by atoms with Crippen molar-refractivity contribution in [3.05, 3.63) is 101 Å². The number of fused-ring (bicyclic) bond motifs is 3. The smallest absolute Gasteiger partial charge is 0.253 e. The van der Waals surface area contributed by atoms with Crippen molar-refractivity contribution in [2.45, 2.75) is 82.0 Å². The van der Waals surface area contributed by atoms with E-state index in [9.17, 15) is 17.6 Å². The van der Waals surface area contributed by atoms with Gasteiger partial charge in [0.2, 0.25) is 10.0 Å². The number of carbonyl (C=O) groups is 1. The van der Waals surface area contributed by atoms with Crippen LogP contribution >= 0.6 is 0 Å². The SMILES string of the molecule is Cc1nc2ccccc2n1[C@H]1C[C@H]2CC[C@@H](C1)N2CCC1(c2cccc(F)c2)CCN(C(=O)c2ccc(CNS(C)(=O)=O)cc2)CC1. The van der Waals surface area contributed by atoms with Crippen molar-refractivity contribution < 1.29 is 17.6 Å². The highest BCUT2D eigenvalue weighted by molar-refractivity contribution is 7.88. The molecule has 4 heterocycles. The first-order valence-electron chi connectivity index (χ1n) is 16.9. The molecule has 10 heteroatoms. The van der Waals surface area contributed by atoms with E-state index in [0.29, 0.717) is 36.8 Å². The summed E-state index contributed by atoms with van der Waals surface area (Å²) in [7, 11) is -3.29. The van der Waals surface area contributed by atoms with Crippen molar-refractivity contribution >= 4 is 27.0 Å². The molecule has 3 saturated heterocycles. The lowest BCUT2D eigenvalue weighted by Gasteiger charge is -2.45. The second-order valence-corrected chi connectivity index (χ2v) is 15.7. The summed E-state index contributed by atoms with van der Waals surface area (Å²) in [6.45, 7) is 4.50. The standard InChI is InChI=1S/C37H44FN5O3S/c1-26-40-34-8-3-4-9-35(34)43(26)33-23-31-14-15-32(24-33)42(31)21-18-37(29-6-5-7-30(38)22-29)16-19-41(20-17-37)36(44)28-12-10-27(11-13-28)25-39-47(2,45)46/h3-13,22,31-33,39H,14-21,23-25H2,1-2H3/t31-,32+,33+. The molecule has 1 N–H and O–H groups in total. The summed E-state index contributed by atoms with van der Waals surface area (Å²) in [6.07, 6.45) is 8.30. The molecule has 3 aromatic carbocycles. The predicted molar refractivity (Wildman–Crippen MR) is 182 cm³/mol. The Hall–Kier alpha value is -3.60. The number of amides is 1.